The topological polar surface area (TPSA) is 83.8 Å². The van der Waals surface area contributed by atoms with Crippen molar-refractivity contribution in [3.63, 3.8) is 0 Å². The van der Waals surface area contributed by atoms with E-state index in [0.29, 0.717) is 12.2 Å². The minimum atomic E-state index is -1.10. The summed E-state index contributed by atoms with van der Waals surface area (Å²) in [5, 5.41) is 19.8. The summed E-state index contributed by atoms with van der Waals surface area (Å²) >= 11 is 0. The van der Waals surface area contributed by atoms with Crippen molar-refractivity contribution in [3.8, 4) is 5.75 Å². The van der Waals surface area contributed by atoms with E-state index in [2.05, 4.69) is 0 Å². The molecule has 0 spiro atoms. The van der Waals surface area contributed by atoms with Gasteiger partial charge in [-0.1, -0.05) is 53.7 Å². The summed E-state index contributed by atoms with van der Waals surface area (Å²) in [5.41, 5.74) is 1.10. The van der Waals surface area contributed by atoms with Crippen molar-refractivity contribution >= 4 is 11.9 Å². The third kappa shape index (κ3) is 6.26. The molecule has 1 rings (SSSR count). The highest BCUT2D eigenvalue weighted by atomic mass is 16.5. The maximum atomic E-state index is 12.1. The lowest BCUT2D eigenvalue weighted by Gasteiger charge is -2.28. The number of carbonyl (C=O) groups is 2. The Morgan fingerprint density at radius 2 is 1.37 bits per heavy atom. The van der Waals surface area contributed by atoms with Crippen LogP contribution in [0.15, 0.2) is 12.1 Å². The summed E-state index contributed by atoms with van der Waals surface area (Å²) in [6, 6.07) is 3.89. The highest BCUT2D eigenvalue weighted by Crippen LogP contribution is 2.40. The van der Waals surface area contributed by atoms with Crippen molar-refractivity contribution in [2.75, 3.05) is 6.61 Å². The highest BCUT2D eigenvalue weighted by molar-refractivity contribution is 5.75. The number of aryl methyl sites for hydroxylation is 1. The molecule has 1 aromatic rings. The molecule has 0 unspecified atom stereocenters. The van der Waals surface area contributed by atoms with Crippen molar-refractivity contribution in [3.05, 3.63) is 28.8 Å². The quantitative estimate of drug-likeness (QED) is 0.708. The first-order chi connectivity index (χ1) is 12.1. The van der Waals surface area contributed by atoms with Crippen LogP contribution in [0.3, 0.4) is 0 Å². The minimum Gasteiger partial charge on any atom is -0.507 e. The van der Waals surface area contributed by atoms with Gasteiger partial charge in [-0.2, -0.15) is 0 Å². The molecule has 0 aliphatic heterocycles. The van der Waals surface area contributed by atoms with E-state index in [1.54, 1.807) is 0 Å². The number of carbonyl (C=O) groups excluding carboxylic acids is 1. The Kier molecular flexibility index (Phi) is 6.74. The molecule has 0 bridgehead atoms. The van der Waals surface area contributed by atoms with E-state index >= 15 is 0 Å². The first-order valence-electron chi connectivity index (χ1n) is 9.31. The fourth-order valence-electron chi connectivity index (χ4n) is 2.62. The molecule has 27 heavy (non-hydrogen) atoms. The van der Waals surface area contributed by atoms with Gasteiger partial charge in [0, 0.05) is 6.42 Å². The van der Waals surface area contributed by atoms with Gasteiger partial charge in [0.05, 0.1) is 5.41 Å². The second-order valence-corrected chi connectivity index (χ2v) is 9.89. The lowest BCUT2D eigenvalue weighted by atomic mass is 9.78. The van der Waals surface area contributed by atoms with E-state index in [1.807, 2.05) is 53.7 Å². The predicted molar refractivity (Wildman–Crippen MR) is 106 cm³/mol. The van der Waals surface area contributed by atoms with Crippen molar-refractivity contribution in [2.24, 2.45) is 5.41 Å². The summed E-state index contributed by atoms with van der Waals surface area (Å²) in [5.74, 6) is -1.12. The number of carboxylic acids is 1. The van der Waals surface area contributed by atoms with Crippen LogP contribution in [-0.4, -0.2) is 28.8 Å². The molecule has 0 aliphatic rings. The van der Waals surface area contributed by atoms with Gasteiger partial charge < -0.3 is 14.9 Å². The Morgan fingerprint density at radius 1 is 0.926 bits per heavy atom. The van der Waals surface area contributed by atoms with E-state index in [9.17, 15) is 14.7 Å². The van der Waals surface area contributed by atoms with Crippen molar-refractivity contribution in [1.82, 2.24) is 0 Å². The third-order valence-electron chi connectivity index (χ3n) is 4.58. The number of aliphatic carboxylic acids is 1. The van der Waals surface area contributed by atoms with Crippen molar-refractivity contribution in [2.45, 2.75) is 79.1 Å². The van der Waals surface area contributed by atoms with Crippen LogP contribution in [0.25, 0.3) is 0 Å². The van der Waals surface area contributed by atoms with Gasteiger partial charge in [0.1, 0.15) is 12.4 Å². The minimum absolute atomic E-state index is 0.156. The summed E-state index contributed by atoms with van der Waals surface area (Å²) in [7, 11) is 0. The number of hydrogen-bond acceptors (Lipinski definition) is 4. The number of phenols is 1. The zero-order chi connectivity index (χ0) is 21.2. The van der Waals surface area contributed by atoms with Gasteiger partial charge in [-0.3, -0.25) is 9.59 Å². The van der Waals surface area contributed by atoms with Crippen molar-refractivity contribution < 1.29 is 24.5 Å². The number of phenolic OH excluding ortho intramolecular Hbond substituents is 1. The van der Waals surface area contributed by atoms with E-state index in [4.69, 9.17) is 9.84 Å². The maximum absolute atomic E-state index is 12.1. The summed E-state index contributed by atoms with van der Waals surface area (Å²) in [6.45, 7) is 15.1. The zero-order valence-corrected chi connectivity index (χ0v) is 17.9. The molecule has 0 saturated carbocycles. The standard InChI is InChI=1S/C22H34O5/c1-20(2,3)15-11-14(12-16(18(15)24)21(4,5)6)9-10-17(23)27-13-22(7,8)19(25)26/h11-12,24H,9-10,13H2,1-8H3,(H,25,26). The van der Waals surface area contributed by atoms with Crippen LogP contribution in [0.4, 0.5) is 0 Å². The van der Waals surface area contributed by atoms with E-state index in [1.165, 1.54) is 13.8 Å². The molecular weight excluding hydrogens is 344 g/mol. The van der Waals surface area contributed by atoms with E-state index < -0.39 is 17.4 Å². The zero-order valence-electron chi connectivity index (χ0n) is 17.9. The average molecular weight is 379 g/mol. The fraction of sp³-hybridized carbons (Fsp3) is 0.636. The first-order valence-corrected chi connectivity index (χ1v) is 9.31. The van der Waals surface area contributed by atoms with Gasteiger partial charge in [-0.25, -0.2) is 0 Å². The third-order valence-corrected chi connectivity index (χ3v) is 4.58. The Bertz CT molecular complexity index is 667. The van der Waals surface area contributed by atoms with Crippen LogP contribution in [0.2, 0.25) is 0 Å². The molecule has 0 fully saturated rings. The molecule has 0 amide bonds. The number of benzene rings is 1. The Balaban J connectivity index is 2.98. The number of hydrogen-bond donors (Lipinski definition) is 2. The monoisotopic (exact) mass is 378 g/mol. The van der Waals surface area contributed by atoms with Gasteiger partial charge >= 0.3 is 11.9 Å². The number of ether oxygens (including phenoxy) is 1. The molecule has 0 atom stereocenters. The van der Waals surface area contributed by atoms with Crippen LogP contribution >= 0.6 is 0 Å². The lowest BCUT2D eigenvalue weighted by molar-refractivity contribution is -0.156. The highest BCUT2D eigenvalue weighted by Gasteiger charge is 2.29. The van der Waals surface area contributed by atoms with E-state index in [-0.39, 0.29) is 23.9 Å². The Hall–Kier alpha value is -2.04. The molecule has 152 valence electrons. The van der Waals surface area contributed by atoms with Gasteiger partial charge in [-0.05, 0) is 47.8 Å². The van der Waals surface area contributed by atoms with Crippen LogP contribution < -0.4 is 0 Å². The molecule has 5 heteroatoms. The van der Waals surface area contributed by atoms with Gasteiger partial charge in [0.25, 0.3) is 0 Å². The molecular formula is C22H34O5. The van der Waals surface area contributed by atoms with E-state index in [0.717, 1.165) is 16.7 Å². The Morgan fingerprint density at radius 3 is 1.74 bits per heavy atom. The normalized spacial score (nSPS) is 12.7. The molecule has 0 aromatic heterocycles. The second kappa shape index (κ2) is 7.91. The van der Waals surface area contributed by atoms with Crippen molar-refractivity contribution in [1.29, 1.82) is 0 Å². The SMILES string of the molecule is CC(C)(COC(=O)CCc1cc(C(C)(C)C)c(O)c(C(C)(C)C)c1)C(=O)O. The van der Waals surface area contributed by atoms with Gasteiger partial charge in [0.15, 0.2) is 0 Å². The molecule has 5 nitrogen and oxygen atoms in total. The maximum Gasteiger partial charge on any atom is 0.312 e. The number of aromatic hydroxyl groups is 1. The van der Waals surface area contributed by atoms with Crippen LogP contribution in [0, 0.1) is 5.41 Å². The summed E-state index contributed by atoms with van der Waals surface area (Å²) in [6.07, 6.45) is 0.631. The van der Waals surface area contributed by atoms with Gasteiger partial charge in [-0.15, -0.1) is 0 Å². The van der Waals surface area contributed by atoms with Gasteiger partial charge in [0.2, 0.25) is 0 Å². The number of rotatable bonds is 6. The molecule has 0 heterocycles. The Labute approximate surface area is 162 Å². The summed E-state index contributed by atoms with van der Waals surface area (Å²) < 4.78 is 5.14. The smallest absolute Gasteiger partial charge is 0.312 e. The van der Waals surface area contributed by atoms with Crippen LogP contribution in [-0.2, 0) is 31.6 Å². The summed E-state index contributed by atoms with van der Waals surface area (Å²) in [4.78, 5) is 23.1. The second-order valence-electron chi connectivity index (χ2n) is 9.89. The molecule has 2 N–H and O–H groups in total. The van der Waals surface area contributed by atoms with Crippen LogP contribution in [0.1, 0.15) is 78.5 Å². The fourth-order valence-corrected chi connectivity index (χ4v) is 2.62. The molecule has 1 aromatic carbocycles. The lowest BCUT2D eigenvalue weighted by Crippen LogP contribution is -2.30. The average Bonchev–Trinajstić information content (AvgIpc) is 2.49. The largest absolute Gasteiger partial charge is 0.507 e. The molecule has 0 aliphatic carbocycles. The number of carboxylic acid groups (broad SMARTS) is 1. The number of esters is 1. The first kappa shape index (κ1) is 23.0. The molecule has 0 radical (unpaired) electrons. The predicted octanol–water partition coefficient (Wildman–Crippen LogP) is 4.57. The van der Waals surface area contributed by atoms with Crippen LogP contribution in [0.5, 0.6) is 5.75 Å². The molecule has 0 saturated heterocycles.